The fourth-order valence-corrected chi connectivity index (χ4v) is 2.14. The van der Waals surface area contributed by atoms with E-state index in [4.69, 9.17) is 9.84 Å². The number of carboxylic acid groups (broad SMARTS) is 1. The number of carboxylic acids is 1. The largest absolute Gasteiger partial charge is 0.481 e. The van der Waals surface area contributed by atoms with Crippen LogP contribution in [0, 0.1) is 11.8 Å². The molecule has 102 valence electrons. The Labute approximate surface area is 106 Å². The van der Waals surface area contributed by atoms with E-state index in [1.165, 1.54) is 0 Å². The zero-order chi connectivity index (χ0) is 13.3. The first kappa shape index (κ1) is 13.3. The predicted molar refractivity (Wildman–Crippen MR) is 64.1 cm³/mol. The number of hydrogen-bond acceptors (Lipinski definition) is 4. The highest BCUT2D eigenvalue weighted by Crippen LogP contribution is 2.24. The molecule has 0 radical (unpaired) electrons. The molecule has 1 atom stereocenters. The number of rotatable bonds is 5. The lowest BCUT2D eigenvalue weighted by Gasteiger charge is -2.43. The molecule has 2 aliphatic rings. The van der Waals surface area contributed by atoms with Crippen molar-refractivity contribution in [2.24, 2.45) is 11.8 Å². The highest BCUT2D eigenvalue weighted by Gasteiger charge is 2.38. The van der Waals surface area contributed by atoms with Crippen LogP contribution in [0.15, 0.2) is 0 Å². The Bertz CT molecular complexity index is 348. The van der Waals surface area contributed by atoms with Crippen LogP contribution in [0.3, 0.4) is 0 Å². The first-order valence-electron chi connectivity index (χ1n) is 6.26. The Morgan fingerprint density at radius 1 is 1.50 bits per heavy atom. The van der Waals surface area contributed by atoms with Crippen molar-refractivity contribution in [2.45, 2.75) is 19.4 Å². The summed E-state index contributed by atoms with van der Waals surface area (Å²) in [5, 5.41) is 12.0. The Hall–Kier alpha value is -1.14. The molecule has 1 amide bonds. The van der Waals surface area contributed by atoms with E-state index in [0.29, 0.717) is 13.1 Å². The van der Waals surface area contributed by atoms with E-state index in [0.717, 1.165) is 13.1 Å². The van der Waals surface area contributed by atoms with Crippen LogP contribution in [0.5, 0.6) is 0 Å². The molecule has 0 saturated carbocycles. The number of nitrogens with one attached hydrogen (secondary N) is 1. The van der Waals surface area contributed by atoms with Gasteiger partial charge in [0.05, 0.1) is 11.5 Å². The minimum atomic E-state index is -0.795. The van der Waals surface area contributed by atoms with Crippen LogP contribution in [0.25, 0.3) is 0 Å². The zero-order valence-electron chi connectivity index (χ0n) is 10.8. The standard InChI is InChI=1S/C12H20N2O4/c1-8(11(16)17)9-3-14(4-9)10(15)5-18-12(2)6-13-7-12/h8-9,13H,3-7H2,1-2H3,(H,16,17). The second-order valence-corrected chi connectivity index (χ2v) is 5.53. The SMILES string of the molecule is CC(C(=O)O)C1CN(C(=O)COC2(C)CNC2)C1. The number of carbonyl (C=O) groups is 2. The summed E-state index contributed by atoms with van der Waals surface area (Å²) in [6.07, 6.45) is 0. The number of carbonyl (C=O) groups excluding carboxylic acids is 1. The molecule has 2 heterocycles. The summed E-state index contributed by atoms with van der Waals surface area (Å²) in [4.78, 5) is 24.2. The summed E-state index contributed by atoms with van der Waals surface area (Å²) in [5.74, 6) is -1.15. The van der Waals surface area contributed by atoms with Crippen molar-refractivity contribution >= 4 is 11.9 Å². The van der Waals surface area contributed by atoms with Gasteiger partial charge in [0.2, 0.25) is 5.91 Å². The smallest absolute Gasteiger partial charge is 0.306 e. The number of likely N-dealkylation sites (tertiary alicyclic amines) is 1. The van der Waals surface area contributed by atoms with Gasteiger partial charge in [0.1, 0.15) is 6.61 Å². The molecule has 0 aromatic rings. The number of amides is 1. The lowest BCUT2D eigenvalue weighted by Crippen LogP contribution is -2.60. The summed E-state index contributed by atoms with van der Waals surface area (Å²) < 4.78 is 5.56. The van der Waals surface area contributed by atoms with E-state index >= 15 is 0 Å². The average molecular weight is 256 g/mol. The first-order chi connectivity index (χ1) is 8.41. The molecule has 6 heteroatoms. The van der Waals surface area contributed by atoms with Gasteiger partial charge in [-0.1, -0.05) is 6.92 Å². The van der Waals surface area contributed by atoms with Crippen LogP contribution in [0.2, 0.25) is 0 Å². The van der Waals surface area contributed by atoms with Gasteiger partial charge in [0.15, 0.2) is 0 Å². The summed E-state index contributed by atoms with van der Waals surface area (Å²) in [5.41, 5.74) is -0.214. The van der Waals surface area contributed by atoms with Gasteiger partial charge in [-0.3, -0.25) is 9.59 Å². The minimum absolute atomic E-state index is 0.0445. The van der Waals surface area contributed by atoms with E-state index < -0.39 is 5.97 Å². The van der Waals surface area contributed by atoms with Crippen molar-refractivity contribution in [1.82, 2.24) is 10.2 Å². The lowest BCUT2D eigenvalue weighted by atomic mass is 9.87. The van der Waals surface area contributed by atoms with Gasteiger partial charge < -0.3 is 20.1 Å². The van der Waals surface area contributed by atoms with Crippen LogP contribution in [0.4, 0.5) is 0 Å². The lowest BCUT2D eigenvalue weighted by molar-refractivity contribution is -0.157. The maximum atomic E-state index is 11.8. The van der Waals surface area contributed by atoms with Crippen molar-refractivity contribution in [3.63, 3.8) is 0 Å². The van der Waals surface area contributed by atoms with Gasteiger partial charge in [-0.25, -0.2) is 0 Å². The normalized spacial score (nSPS) is 24.0. The predicted octanol–water partition coefficient (Wildman–Crippen LogP) is -0.456. The number of ether oxygens (including phenoxy) is 1. The third-order valence-electron chi connectivity index (χ3n) is 3.90. The average Bonchev–Trinajstić information content (AvgIpc) is 2.21. The van der Waals surface area contributed by atoms with Crippen molar-refractivity contribution in [3.05, 3.63) is 0 Å². The minimum Gasteiger partial charge on any atom is -0.481 e. The Balaban J connectivity index is 1.68. The summed E-state index contributed by atoms with van der Waals surface area (Å²) in [6, 6.07) is 0. The molecule has 2 rings (SSSR count). The first-order valence-corrected chi connectivity index (χ1v) is 6.26. The molecule has 2 N–H and O–H groups in total. The fraction of sp³-hybridized carbons (Fsp3) is 0.833. The van der Waals surface area contributed by atoms with E-state index in [1.807, 2.05) is 6.92 Å². The molecule has 0 spiro atoms. The van der Waals surface area contributed by atoms with Gasteiger partial charge in [-0.15, -0.1) is 0 Å². The van der Waals surface area contributed by atoms with E-state index in [9.17, 15) is 9.59 Å². The van der Waals surface area contributed by atoms with Crippen molar-refractivity contribution in [1.29, 1.82) is 0 Å². The molecule has 0 aromatic heterocycles. The molecule has 2 fully saturated rings. The Morgan fingerprint density at radius 3 is 2.56 bits per heavy atom. The fourth-order valence-electron chi connectivity index (χ4n) is 2.14. The van der Waals surface area contributed by atoms with Crippen LogP contribution in [0.1, 0.15) is 13.8 Å². The molecular weight excluding hydrogens is 236 g/mol. The van der Waals surface area contributed by atoms with Crippen LogP contribution in [-0.2, 0) is 14.3 Å². The monoisotopic (exact) mass is 256 g/mol. The molecule has 0 aliphatic carbocycles. The third-order valence-corrected chi connectivity index (χ3v) is 3.90. The maximum absolute atomic E-state index is 11.8. The molecule has 0 aromatic carbocycles. The van der Waals surface area contributed by atoms with Crippen molar-refractivity contribution in [3.8, 4) is 0 Å². The van der Waals surface area contributed by atoms with Gasteiger partial charge in [0, 0.05) is 32.1 Å². The molecular formula is C12H20N2O4. The second-order valence-electron chi connectivity index (χ2n) is 5.53. The summed E-state index contributed by atoms with van der Waals surface area (Å²) in [6.45, 7) is 6.37. The highest BCUT2D eigenvalue weighted by molar-refractivity contribution is 5.79. The molecule has 6 nitrogen and oxygen atoms in total. The molecule has 0 bridgehead atoms. The second kappa shape index (κ2) is 4.85. The van der Waals surface area contributed by atoms with E-state index in [1.54, 1.807) is 11.8 Å². The summed E-state index contributed by atoms with van der Waals surface area (Å²) >= 11 is 0. The van der Waals surface area contributed by atoms with Gasteiger partial charge >= 0.3 is 5.97 Å². The Kier molecular flexibility index (Phi) is 3.59. The van der Waals surface area contributed by atoms with Crippen LogP contribution < -0.4 is 5.32 Å². The van der Waals surface area contributed by atoms with Gasteiger partial charge in [-0.2, -0.15) is 0 Å². The Morgan fingerprint density at radius 2 is 2.11 bits per heavy atom. The van der Waals surface area contributed by atoms with Crippen molar-refractivity contribution < 1.29 is 19.4 Å². The van der Waals surface area contributed by atoms with Gasteiger partial charge in [0.25, 0.3) is 0 Å². The summed E-state index contributed by atoms with van der Waals surface area (Å²) in [7, 11) is 0. The number of aliphatic carboxylic acids is 1. The molecule has 18 heavy (non-hydrogen) atoms. The van der Waals surface area contributed by atoms with E-state index in [-0.39, 0.29) is 30.0 Å². The maximum Gasteiger partial charge on any atom is 0.306 e. The third kappa shape index (κ3) is 2.64. The van der Waals surface area contributed by atoms with Gasteiger partial charge in [-0.05, 0) is 6.92 Å². The topological polar surface area (TPSA) is 78.9 Å². The molecule has 1 unspecified atom stereocenters. The van der Waals surface area contributed by atoms with Crippen molar-refractivity contribution in [2.75, 3.05) is 32.8 Å². The number of nitrogens with zero attached hydrogens (tertiary/aromatic N) is 1. The zero-order valence-corrected chi connectivity index (χ0v) is 10.8. The molecule has 2 aliphatic heterocycles. The quantitative estimate of drug-likeness (QED) is 0.696. The van der Waals surface area contributed by atoms with E-state index in [2.05, 4.69) is 5.32 Å². The number of hydrogen-bond donors (Lipinski definition) is 2. The van der Waals surface area contributed by atoms with Crippen LogP contribution >= 0.6 is 0 Å². The molecule has 2 saturated heterocycles. The highest BCUT2D eigenvalue weighted by atomic mass is 16.5. The van der Waals surface area contributed by atoms with Crippen LogP contribution in [-0.4, -0.2) is 60.3 Å².